The molecule has 0 aliphatic heterocycles. The lowest BCUT2D eigenvalue weighted by molar-refractivity contribution is 0.436. The summed E-state index contributed by atoms with van der Waals surface area (Å²) in [5, 5.41) is 3.44. The minimum Gasteiger partial charge on any atom is -0.469 e. The van der Waals surface area contributed by atoms with Crippen LogP contribution in [0.15, 0.2) is 77.4 Å². The van der Waals surface area contributed by atoms with Gasteiger partial charge in [0.25, 0.3) is 0 Å². The molecule has 1 heterocycles. The molecular weight excluding hydrogens is 301 g/mol. The van der Waals surface area contributed by atoms with Crippen LogP contribution >= 0.6 is 0 Å². The van der Waals surface area contributed by atoms with Crippen LogP contribution < -0.4 is 5.32 Å². The highest BCUT2D eigenvalue weighted by molar-refractivity contribution is 5.19. The first-order valence-electron chi connectivity index (χ1n) is 8.34. The van der Waals surface area contributed by atoms with Crippen molar-refractivity contribution in [2.75, 3.05) is 6.54 Å². The van der Waals surface area contributed by atoms with Gasteiger partial charge in [-0.2, -0.15) is 0 Å². The van der Waals surface area contributed by atoms with Gasteiger partial charge in [0.05, 0.1) is 6.26 Å². The van der Waals surface area contributed by atoms with E-state index in [-0.39, 0.29) is 5.82 Å². The van der Waals surface area contributed by atoms with Gasteiger partial charge < -0.3 is 9.73 Å². The summed E-state index contributed by atoms with van der Waals surface area (Å²) in [6.07, 6.45) is 3.69. The van der Waals surface area contributed by atoms with Gasteiger partial charge >= 0.3 is 0 Å². The predicted molar refractivity (Wildman–Crippen MR) is 94.3 cm³/mol. The zero-order valence-electron chi connectivity index (χ0n) is 13.6. The van der Waals surface area contributed by atoms with Crippen molar-refractivity contribution in [1.82, 2.24) is 5.32 Å². The summed E-state index contributed by atoms with van der Waals surface area (Å²) in [7, 11) is 0. The Labute approximate surface area is 142 Å². The number of halogens is 1. The Balaban J connectivity index is 1.53. The van der Waals surface area contributed by atoms with E-state index in [0.29, 0.717) is 5.92 Å². The molecule has 24 heavy (non-hydrogen) atoms. The fourth-order valence-electron chi connectivity index (χ4n) is 2.88. The number of rotatable bonds is 8. The van der Waals surface area contributed by atoms with Crippen LogP contribution in [0, 0.1) is 5.82 Å². The van der Waals surface area contributed by atoms with E-state index in [1.807, 2.05) is 30.3 Å². The molecule has 0 unspecified atom stereocenters. The molecule has 0 fully saturated rings. The summed E-state index contributed by atoms with van der Waals surface area (Å²) in [6.45, 7) is 1.63. The maximum absolute atomic E-state index is 12.9. The lowest BCUT2D eigenvalue weighted by Crippen LogP contribution is -2.18. The van der Waals surface area contributed by atoms with Crippen molar-refractivity contribution >= 4 is 0 Å². The summed E-state index contributed by atoms with van der Waals surface area (Å²) in [6, 6.07) is 21.1. The largest absolute Gasteiger partial charge is 0.469 e. The van der Waals surface area contributed by atoms with Crippen LogP contribution in [0.1, 0.15) is 29.2 Å². The quantitative estimate of drug-likeness (QED) is 0.595. The molecule has 3 aromatic rings. The number of hydrogen-bond donors (Lipinski definition) is 1. The molecule has 1 aromatic heterocycles. The van der Waals surface area contributed by atoms with Gasteiger partial charge in [0.15, 0.2) is 0 Å². The van der Waals surface area contributed by atoms with Gasteiger partial charge in [0.2, 0.25) is 0 Å². The normalized spacial score (nSPS) is 12.2. The Morgan fingerprint density at radius 3 is 2.38 bits per heavy atom. The second-order valence-electron chi connectivity index (χ2n) is 5.99. The summed E-state index contributed by atoms with van der Waals surface area (Å²) >= 11 is 0. The predicted octanol–water partition coefficient (Wildman–Crippen LogP) is 4.92. The number of furan rings is 1. The van der Waals surface area contributed by atoms with E-state index in [9.17, 15) is 4.39 Å². The van der Waals surface area contributed by atoms with Crippen LogP contribution in [0.2, 0.25) is 0 Å². The van der Waals surface area contributed by atoms with E-state index in [0.717, 1.165) is 37.3 Å². The molecule has 2 aromatic carbocycles. The molecule has 1 N–H and O–H groups in total. The minimum absolute atomic E-state index is 0.195. The molecule has 0 saturated heterocycles. The van der Waals surface area contributed by atoms with E-state index >= 15 is 0 Å². The van der Waals surface area contributed by atoms with Crippen LogP contribution in [0.25, 0.3) is 0 Å². The van der Waals surface area contributed by atoms with Gasteiger partial charge in [-0.05, 0) is 54.8 Å². The molecule has 0 aliphatic rings. The topological polar surface area (TPSA) is 25.2 Å². The van der Waals surface area contributed by atoms with E-state index in [1.54, 1.807) is 6.26 Å². The highest BCUT2D eigenvalue weighted by Gasteiger charge is 2.14. The summed E-state index contributed by atoms with van der Waals surface area (Å²) in [5.74, 6) is 1.19. The first-order valence-corrected chi connectivity index (χ1v) is 8.34. The van der Waals surface area contributed by atoms with Crippen LogP contribution in [0.5, 0.6) is 0 Å². The van der Waals surface area contributed by atoms with Gasteiger partial charge in [0, 0.05) is 12.5 Å². The van der Waals surface area contributed by atoms with Gasteiger partial charge in [-0.1, -0.05) is 42.5 Å². The molecule has 0 amide bonds. The van der Waals surface area contributed by atoms with Gasteiger partial charge in [-0.15, -0.1) is 0 Å². The molecule has 0 saturated carbocycles. The third-order valence-electron chi connectivity index (χ3n) is 4.18. The van der Waals surface area contributed by atoms with Crippen LogP contribution in [0.4, 0.5) is 4.39 Å². The average Bonchev–Trinajstić information content (AvgIpc) is 3.14. The molecule has 0 bridgehead atoms. The lowest BCUT2D eigenvalue weighted by atomic mass is 9.94. The van der Waals surface area contributed by atoms with Gasteiger partial charge in [-0.3, -0.25) is 0 Å². The van der Waals surface area contributed by atoms with E-state index in [4.69, 9.17) is 4.42 Å². The summed E-state index contributed by atoms with van der Waals surface area (Å²) in [4.78, 5) is 0. The second-order valence-corrected chi connectivity index (χ2v) is 5.99. The zero-order valence-corrected chi connectivity index (χ0v) is 13.6. The molecule has 124 valence electrons. The number of benzene rings is 2. The molecular formula is C21H22FNO. The monoisotopic (exact) mass is 323 g/mol. The fourth-order valence-corrected chi connectivity index (χ4v) is 2.88. The van der Waals surface area contributed by atoms with Crippen molar-refractivity contribution in [3.63, 3.8) is 0 Å². The van der Waals surface area contributed by atoms with E-state index < -0.39 is 0 Å². The van der Waals surface area contributed by atoms with E-state index in [2.05, 4.69) is 29.6 Å². The fraction of sp³-hybridized carbons (Fsp3) is 0.238. The Bertz CT molecular complexity index is 707. The third kappa shape index (κ3) is 4.80. The molecule has 0 spiro atoms. The van der Waals surface area contributed by atoms with Gasteiger partial charge in [-0.25, -0.2) is 4.39 Å². The van der Waals surface area contributed by atoms with Crippen molar-refractivity contribution in [1.29, 1.82) is 0 Å². The zero-order chi connectivity index (χ0) is 16.6. The van der Waals surface area contributed by atoms with Gasteiger partial charge in [0.1, 0.15) is 11.6 Å². The molecule has 0 aliphatic carbocycles. The Hall–Kier alpha value is -2.39. The highest BCUT2D eigenvalue weighted by atomic mass is 19.1. The van der Waals surface area contributed by atoms with Crippen molar-refractivity contribution in [2.45, 2.75) is 25.3 Å². The van der Waals surface area contributed by atoms with Crippen molar-refractivity contribution in [3.05, 3.63) is 95.7 Å². The van der Waals surface area contributed by atoms with Crippen molar-refractivity contribution in [2.24, 2.45) is 0 Å². The van der Waals surface area contributed by atoms with Crippen LogP contribution in [-0.2, 0) is 13.0 Å². The maximum Gasteiger partial charge on any atom is 0.123 e. The van der Waals surface area contributed by atoms with Crippen LogP contribution in [0.3, 0.4) is 0 Å². The maximum atomic E-state index is 12.9. The van der Waals surface area contributed by atoms with E-state index in [1.165, 1.54) is 17.7 Å². The van der Waals surface area contributed by atoms with Crippen LogP contribution in [-0.4, -0.2) is 6.54 Å². The molecule has 3 heteroatoms. The Kier molecular flexibility index (Phi) is 5.80. The minimum atomic E-state index is -0.195. The average molecular weight is 323 g/mol. The second kappa shape index (κ2) is 8.46. The summed E-state index contributed by atoms with van der Waals surface area (Å²) < 4.78 is 18.5. The Morgan fingerprint density at radius 1 is 0.875 bits per heavy atom. The first-order chi connectivity index (χ1) is 11.8. The molecule has 3 rings (SSSR count). The first kappa shape index (κ1) is 16.5. The lowest BCUT2D eigenvalue weighted by Gasteiger charge is -2.15. The molecule has 1 atom stereocenters. The number of nitrogens with one attached hydrogen (secondary N) is 1. The SMILES string of the molecule is Fc1ccc(CNCC[C@H](Cc2ccccc2)c2ccco2)cc1. The molecule has 0 radical (unpaired) electrons. The summed E-state index contributed by atoms with van der Waals surface area (Å²) in [5.41, 5.74) is 2.41. The van der Waals surface area contributed by atoms with Crippen molar-refractivity contribution < 1.29 is 8.81 Å². The smallest absolute Gasteiger partial charge is 0.123 e. The highest BCUT2D eigenvalue weighted by Crippen LogP contribution is 2.24. The Morgan fingerprint density at radius 2 is 1.67 bits per heavy atom. The standard InChI is InChI=1S/C21H22FNO/c22-20-10-8-18(9-11-20)16-23-13-12-19(21-7-4-14-24-21)15-17-5-2-1-3-6-17/h1-11,14,19,23H,12-13,15-16H2/t19-/m1/s1. The van der Waals surface area contributed by atoms with Crippen molar-refractivity contribution in [3.8, 4) is 0 Å². The third-order valence-corrected chi connectivity index (χ3v) is 4.18. The number of hydrogen-bond acceptors (Lipinski definition) is 2. The molecule has 2 nitrogen and oxygen atoms in total.